The molecule has 0 aromatic heterocycles. The summed E-state index contributed by atoms with van der Waals surface area (Å²) in [5.41, 5.74) is -5.26. The van der Waals surface area contributed by atoms with Crippen LogP contribution in [0.2, 0.25) is 0 Å². The molecule has 0 aromatic carbocycles. The van der Waals surface area contributed by atoms with E-state index in [-0.39, 0.29) is 31.4 Å². The van der Waals surface area contributed by atoms with Gasteiger partial charge in [-0.3, -0.25) is 9.79 Å². The Morgan fingerprint density at radius 1 is 1.28 bits per heavy atom. The van der Waals surface area contributed by atoms with Crippen molar-refractivity contribution in [1.82, 2.24) is 14.9 Å². The van der Waals surface area contributed by atoms with Crippen molar-refractivity contribution in [3.8, 4) is 0 Å². The largest absolute Gasteiger partial charge is 0.511 e. The molecule has 0 radical (unpaired) electrons. The number of alkyl halides is 3. The number of ether oxygens (including phenoxy) is 1. The van der Waals surface area contributed by atoms with E-state index in [2.05, 4.69) is 20.4 Å². The number of rotatable bonds is 6. The van der Waals surface area contributed by atoms with Crippen LogP contribution in [0.3, 0.4) is 0 Å². The lowest BCUT2D eigenvalue weighted by molar-refractivity contribution is -0.140. The number of methoxy groups -OCH3 is 1. The van der Waals surface area contributed by atoms with Crippen molar-refractivity contribution in [2.75, 3.05) is 40.3 Å². The van der Waals surface area contributed by atoms with Gasteiger partial charge in [0.25, 0.3) is 0 Å². The maximum atomic E-state index is 12.5. The molecule has 1 heterocycles. The Balaban J connectivity index is 2.38. The first-order valence-electron chi connectivity index (χ1n) is 7.69. The molecule has 1 aliphatic rings. The summed E-state index contributed by atoms with van der Waals surface area (Å²) in [5.74, 6) is 0.120. The van der Waals surface area contributed by atoms with Crippen LogP contribution in [0.5, 0.6) is 0 Å². The average molecular weight is 388 g/mol. The minimum Gasteiger partial charge on any atom is -0.469 e. The van der Waals surface area contributed by atoms with Crippen molar-refractivity contribution in [2.24, 2.45) is 10.9 Å². The predicted octanol–water partition coefficient (Wildman–Crippen LogP) is 0.276. The van der Waals surface area contributed by atoms with E-state index in [0.29, 0.717) is 36.2 Å². The normalized spacial score (nSPS) is 18.0. The van der Waals surface area contributed by atoms with Crippen LogP contribution in [0.1, 0.15) is 19.3 Å². The van der Waals surface area contributed by atoms with Crippen LogP contribution in [-0.2, 0) is 19.6 Å². The molecule has 0 aliphatic carbocycles. The quantitative estimate of drug-likeness (QED) is 0.385. The smallest absolute Gasteiger partial charge is 0.469 e. The van der Waals surface area contributed by atoms with Gasteiger partial charge in [-0.2, -0.15) is 17.5 Å². The molecule has 1 aliphatic heterocycles. The second-order valence-electron chi connectivity index (χ2n) is 5.50. The third-order valence-corrected chi connectivity index (χ3v) is 5.47. The Kier molecular flexibility index (Phi) is 7.93. The van der Waals surface area contributed by atoms with Gasteiger partial charge in [-0.15, -0.1) is 0 Å². The Bertz CT molecular complexity index is 572. The molecule has 25 heavy (non-hydrogen) atoms. The van der Waals surface area contributed by atoms with Gasteiger partial charge in [0.2, 0.25) is 0 Å². The summed E-state index contributed by atoms with van der Waals surface area (Å²) in [6.45, 7) is 0.442. The topological polar surface area (TPSA) is 100 Å². The summed E-state index contributed by atoms with van der Waals surface area (Å²) >= 11 is 0. The monoisotopic (exact) mass is 388 g/mol. The molecule has 0 atom stereocenters. The van der Waals surface area contributed by atoms with Gasteiger partial charge in [-0.05, 0) is 18.8 Å². The molecular weight excluding hydrogens is 365 g/mol. The van der Waals surface area contributed by atoms with Gasteiger partial charge in [0, 0.05) is 33.2 Å². The molecule has 0 aromatic rings. The number of piperidine rings is 1. The summed E-state index contributed by atoms with van der Waals surface area (Å²) in [6.07, 6.45) is 0.813. The standard InChI is InChI=1S/C13H23F3N4O4S/c1-17-12(18-6-3-11(21)24-2)19-9-10-4-7-20(8-5-10)25(22,23)13(14,15)16/h10H,3-9H2,1-2H3,(H2,17,18,19). The molecule has 2 N–H and O–H groups in total. The fraction of sp³-hybridized carbons (Fsp3) is 0.846. The zero-order valence-electron chi connectivity index (χ0n) is 14.1. The van der Waals surface area contributed by atoms with E-state index in [4.69, 9.17) is 0 Å². The van der Waals surface area contributed by atoms with E-state index in [0.717, 1.165) is 0 Å². The van der Waals surface area contributed by atoms with Crippen LogP contribution < -0.4 is 10.6 Å². The van der Waals surface area contributed by atoms with E-state index in [1.54, 1.807) is 7.05 Å². The van der Waals surface area contributed by atoms with Crippen LogP contribution in [0, 0.1) is 5.92 Å². The molecule has 1 saturated heterocycles. The number of nitrogens with one attached hydrogen (secondary N) is 2. The predicted molar refractivity (Wildman–Crippen MR) is 85.3 cm³/mol. The van der Waals surface area contributed by atoms with Gasteiger partial charge in [-0.25, -0.2) is 8.42 Å². The molecule has 1 rings (SSSR count). The minimum atomic E-state index is -5.26. The van der Waals surface area contributed by atoms with Crippen molar-refractivity contribution in [3.63, 3.8) is 0 Å². The lowest BCUT2D eigenvalue weighted by atomic mass is 9.98. The molecule has 0 bridgehead atoms. The maximum absolute atomic E-state index is 12.5. The molecule has 0 saturated carbocycles. The Labute approximate surface area is 144 Å². The summed E-state index contributed by atoms with van der Waals surface area (Å²) in [5, 5.41) is 5.92. The second-order valence-corrected chi connectivity index (χ2v) is 7.43. The zero-order chi connectivity index (χ0) is 19.1. The maximum Gasteiger partial charge on any atom is 0.511 e. The highest BCUT2D eigenvalue weighted by atomic mass is 32.2. The highest BCUT2D eigenvalue weighted by Gasteiger charge is 2.50. The molecule has 0 spiro atoms. The highest BCUT2D eigenvalue weighted by molar-refractivity contribution is 7.90. The van der Waals surface area contributed by atoms with Crippen LogP contribution in [0.25, 0.3) is 0 Å². The molecule has 0 amide bonds. The minimum absolute atomic E-state index is 0.0267. The summed E-state index contributed by atoms with van der Waals surface area (Å²) < 4.78 is 65.2. The third-order valence-electron chi connectivity index (χ3n) is 3.84. The molecule has 1 fully saturated rings. The van der Waals surface area contributed by atoms with Crippen molar-refractivity contribution >= 4 is 22.0 Å². The van der Waals surface area contributed by atoms with Gasteiger partial charge in [0.15, 0.2) is 5.96 Å². The lowest BCUT2D eigenvalue weighted by Gasteiger charge is -2.31. The van der Waals surface area contributed by atoms with Crippen LogP contribution >= 0.6 is 0 Å². The van der Waals surface area contributed by atoms with Gasteiger partial charge >= 0.3 is 21.5 Å². The van der Waals surface area contributed by atoms with Crippen LogP contribution in [0.15, 0.2) is 4.99 Å². The SMILES string of the molecule is CN=C(NCCC(=O)OC)NCC1CCN(S(=O)(=O)C(F)(F)F)CC1. The van der Waals surface area contributed by atoms with Crippen molar-refractivity contribution in [1.29, 1.82) is 0 Å². The van der Waals surface area contributed by atoms with E-state index < -0.39 is 15.5 Å². The summed E-state index contributed by atoms with van der Waals surface area (Å²) in [4.78, 5) is 15.0. The van der Waals surface area contributed by atoms with Gasteiger partial charge < -0.3 is 15.4 Å². The number of halogens is 3. The molecular formula is C13H23F3N4O4S. The highest BCUT2D eigenvalue weighted by Crippen LogP contribution is 2.30. The van der Waals surface area contributed by atoms with E-state index in [1.807, 2.05) is 0 Å². The van der Waals surface area contributed by atoms with Crippen molar-refractivity contribution in [3.05, 3.63) is 0 Å². The van der Waals surface area contributed by atoms with Crippen LogP contribution in [0.4, 0.5) is 13.2 Å². The molecule has 8 nitrogen and oxygen atoms in total. The van der Waals surface area contributed by atoms with E-state index >= 15 is 0 Å². The van der Waals surface area contributed by atoms with Gasteiger partial charge in [-0.1, -0.05) is 0 Å². The number of nitrogens with zero attached hydrogens (tertiary/aromatic N) is 2. The first-order chi connectivity index (χ1) is 11.6. The molecule has 146 valence electrons. The second kappa shape index (κ2) is 9.22. The fourth-order valence-electron chi connectivity index (χ4n) is 2.35. The summed E-state index contributed by atoms with van der Waals surface area (Å²) in [6, 6.07) is 0. The number of carbonyl (C=O) groups is 1. The van der Waals surface area contributed by atoms with Crippen molar-refractivity contribution in [2.45, 2.75) is 24.8 Å². The Morgan fingerprint density at radius 2 is 1.88 bits per heavy atom. The number of esters is 1. The van der Waals surface area contributed by atoms with Crippen molar-refractivity contribution < 1.29 is 31.1 Å². The number of sulfonamides is 1. The molecule has 12 heteroatoms. The van der Waals surface area contributed by atoms with E-state index in [9.17, 15) is 26.4 Å². The number of guanidine groups is 1. The molecule has 0 unspecified atom stereocenters. The third kappa shape index (κ3) is 6.34. The summed E-state index contributed by atoms with van der Waals surface area (Å²) in [7, 11) is -2.41. The first-order valence-corrected chi connectivity index (χ1v) is 9.13. The number of carbonyl (C=O) groups excluding carboxylic acids is 1. The number of hydrogen-bond donors (Lipinski definition) is 2. The number of hydrogen-bond acceptors (Lipinski definition) is 5. The first kappa shape index (κ1) is 21.5. The van der Waals surface area contributed by atoms with E-state index in [1.165, 1.54) is 7.11 Å². The average Bonchev–Trinajstić information content (AvgIpc) is 2.57. The Morgan fingerprint density at radius 3 is 2.36 bits per heavy atom. The Hall–Kier alpha value is -1.56. The zero-order valence-corrected chi connectivity index (χ0v) is 14.9. The number of aliphatic imine (C=N–C) groups is 1. The fourth-order valence-corrected chi connectivity index (χ4v) is 3.33. The lowest BCUT2D eigenvalue weighted by Crippen LogP contribution is -2.47. The van der Waals surface area contributed by atoms with Gasteiger partial charge in [0.05, 0.1) is 13.5 Å². The van der Waals surface area contributed by atoms with Gasteiger partial charge in [0.1, 0.15) is 0 Å². The van der Waals surface area contributed by atoms with Crippen LogP contribution in [-0.4, -0.2) is 70.5 Å².